The van der Waals surface area contributed by atoms with E-state index in [9.17, 15) is 13.2 Å². The largest absolute Gasteiger partial charge is 0.468 e. The number of nitrogens with zero attached hydrogens (tertiary/aromatic N) is 1. The molecular weight excluding hydrogens is 364 g/mol. The van der Waals surface area contributed by atoms with E-state index in [1.165, 1.54) is 12.7 Å². The number of carbonyl (C=O) groups excluding carboxylic acids is 1. The number of sulfone groups is 1. The van der Waals surface area contributed by atoms with Gasteiger partial charge >= 0.3 is 0 Å². The van der Waals surface area contributed by atoms with Crippen molar-refractivity contribution in [1.82, 2.24) is 10.2 Å². The van der Waals surface area contributed by atoms with Crippen molar-refractivity contribution in [1.29, 1.82) is 0 Å². The lowest BCUT2D eigenvalue weighted by Gasteiger charge is -2.33. The van der Waals surface area contributed by atoms with Crippen molar-refractivity contribution in [2.45, 2.75) is 31.1 Å². The van der Waals surface area contributed by atoms with Gasteiger partial charge in [0.05, 0.1) is 18.1 Å². The summed E-state index contributed by atoms with van der Waals surface area (Å²) in [5, 5.41) is 2.99. The molecule has 1 fully saturated rings. The van der Waals surface area contributed by atoms with E-state index < -0.39 is 9.84 Å². The van der Waals surface area contributed by atoms with Gasteiger partial charge in [0.2, 0.25) is 0 Å². The fraction of sp³-hybridized carbons (Fsp3) is 0.450. The van der Waals surface area contributed by atoms with Gasteiger partial charge in [-0.05, 0) is 55.8 Å². The first-order valence-corrected chi connectivity index (χ1v) is 11.3. The molecule has 3 rings (SSSR count). The van der Waals surface area contributed by atoms with Crippen LogP contribution in [-0.4, -0.2) is 45.1 Å². The number of carbonyl (C=O) groups is 1. The molecule has 1 amide bonds. The molecular formula is C20H26N2O4S. The molecule has 27 heavy (non-hydrogen) atoms. The molecule has 146 valence electrons. The molecule has 2 aromatic rings. The second-order valence-corrected chi connectivity index (χ2v) is 9.25. The third-order valence-corrected chi connectivity index (χ3v) is 5.66. The minimum atomic E-state index is -3.09. The molecule has 1 N–H and O–H groups in total. The first kappa shape index (κ1) is 19.6. The Morgan fingerprint density at radius 1 is 1.15 bits per heavy atom. The molecule has 1 atom stereocenters. The molecule has 6 nitrogen and oxygen atoms in total. The Balaban J connectivity index is 1.63. The molecule has 0 aliphatic carbocycles. The fourth-order valence-electron chi connectivity index (χ4n) is 3.47. The lowest BCUT2D eigenvalue weighted by Crippen LogP contribution is -2.40. The van der Waals surface area contributed by atoms with Crippen LogP contribution in [0.3, 0.4) is 0 Å². The number of benzene rings is 1. The highest BCUT2D eigenvalue weighted by Crippen LogP contribution is 2.24. The quantitative estimate of drug-likeness (QED) is 0.786. The second kappa shape index (κ2) is 8.71. The third-order valence-electron chi connectivity index (χ3n) is 4.80. The van der Waals surface area contributed by atoms with Gasteiger partial charge in [0.15, 0.2) is 9.84 Å². The van der Waals surface area contributed by atoms with Gasteiger partial charge in [-0.2, -0.15) is 0 Å². The maximum Gasteiger partial charge on any atom is 0.251 e. The van der Waals surface area contributed by atoms with Crippen LogP contribution in [0.4, 0.5) is 0 Å². The lowest BCUT2D eigenvalue weighted by molar-refractivity contribution is 0.0914. The van der Waals surface area contributed by atoms with E-state index in [1.54, 1.807) is 30.5 Å². The highest BCUT2D eigenvalue weighted by atomic mass is 32.2. The number of hydrogen-bond donors (Lipinski definition) is 1. The first-order chi connectivity index (χ1) is 12.9. The smallest absolute Gasteiger partial charge is 0.251 e. The van der Waals surface area contributed by atoms with Crippen molar-refractivity contribution >= 4 is 15.7 Å². The number of furan rings is 1. The van der Waals surface area contributed by atoms with Crippen LogP contribution in [-0.2, 0) is 15.6 Å². The van der Waals surface area contributed by atoms with Crippen LogP contribution in [0.2, 0.25) is 0 Å². The number of hydrogen-bond acceptors (Lipinski definition) is 5. The van der Waals surface area contributed by atoms with Gasteiger partial charge < -0.3 is 9.73 Å². The Morgan fingerprint density at radius 2 is 1.85 bits per heavy atom. The van der Waals surface area contributed by atoms with Gasteiger partial charge in [-0.25, -0.2) is 8.42 Å². The van der Waals surface area contributed by atoms with Crippen LogP contribution in [0.1, 0.15) is 47.0 Å². The van der Waals surface area contributed by atoms with Gasteiger partial charge in [0.1, 0.15) is 5.76 Å². The second-order valence-electron chi connectivity index (χ2n) is 7.10. The van der Waals surface area contributed by atoms with Crippen LogP contribution in [0.25, 0.3) is 0 Å². The van der Waals surface area contributed by atoms with Crippen molar-refractivity contribution in [2.24, 2.45) is 0 Å². The average Bonchev–Trinajstić information content (AvgIpc) is 3.16. The van der Waals surface area contributed by atoms with Crippen LogP contribution in [0.5, 0.6) is 0 Å². The van der Waals surface area contributed by atoms with Crippen molar-refractivity contribution in [3.05, 3.63) is 59.5 Å². The summed E-state index contributed by atoms with van der Waals surface area (Å²) in [6.45, 7) is 2.47. The molecule has 0 bridgehead atoms. The van der Waals surface area contributed by atoms with Crippen molar-refractivity contribution < 1.29 is 17.6 Å². The minimum Gasteiger partial charge on any atom is -0.468 e. The lowest BCUT2D eigenvalue weighted by atomic mass is 10.1. The van der Waals surface area contributed by atoms with E-state index in [2.05, 4.69) is 10.2 Å². The molecule has 1 aromatic carbocycles. The molecule has 2 heterocycles. The molecule has 0 saturated carbocycles. The summed E-state index contributed by atoms with van der Waals surface area (Å²) in [7, 11) is -3.09. The van der Waals surface area contributed by atoms with Crippen LogP contribution in [0.15, 0.2) is 47.1 Å². The molecule has 1 aliphatic rings. The van der Waals surface area contributed by atoms with Crippen molar-refractivity contribution in [3.63, 3.8) is 0 Å². The summed E-state index contributed by atoms with van der Waals surface area (Å²) < 4.78 is 28.3. The molecule has 0 spiro atoms. The Bertz CT molecular complexity index is 839. The van der Waals surface area contributed by atoms with Gasteiger partial charge in [-0.1, -0.05) is 18.6 Å². The standard InChI is InChI=1S/C20H26N2O4S/c1-27(24,25)15-16-7-9-17(10-8-16)20(23)21-14-18(19-6-5-13-26-19)22-11-3-2-4-12-22/h5-10,13,18H,2-4,11-12,14-15H2,1H3,(H,21,23). The average molecular weight is 391 g/mol. The Kier molecular flexibility index (Phi) is 6.34. The summed E-state index contributed by atoms with van der Waals surface area (Å²) in [5.41, 5.74) is 1.19. The number of piperidine rings is 1. The zero-order chi connectivity index (χ0) is 19.3. The van der Waals surface area contributed by atoms with Gasteiger partial charge in [0, 0.05) is 18.4 Å². The molecule has 1 aliphatic heterocycles. The zero-order valence-corrected chi connectivity index (χ0v) is 16.4. The summed E-state index contributed by atoms with van der Waals surface area (Å²) >= 11 is 0. The molecule has 0 radical (unpaired) electrons. The monoisotopic (exact) mass is 390 g/mol. The SMILES string of the molecule is CS(=O)(=O)Cc1ccc(C(=O)NCC(c2ccco2)N2CCCCC2)cc1. The Labute approximate surface area is 160 Å². The predicted octanol–water partition coefficient (Wildman–Crippen LogP) is 2.78. The molecule has 7 heteroatoms. The van der Waals surface area contributed by atoms with E-state index in [-0.39, 0.29) is 17.7 Å². The van der Waals surface area contributed by atoms with Crippen LogP contribution < -0.4 is 5.32 Å². The number of likely N-dealkylation sites (tertiary alicyclic amines) is 1. The summed E-state index contributed by atoms with van der Waals surface area (Å²) in [6, 6.07) is 10.5. The van der Waals surface area contributed by atoms with E-state index in [0.717, 1.165) is 31.7 Å². The number of amides is 1. The zero-order valence-electron chi connectivity index (χ0n) is 15.6. The summed E-state index contributed by atoms with van der Waals surface area (Å²) in [4.78, 5) is 14.9. The van der Waals surface area contributed by atoms with E-state index in [1.807, 2.05) is 12.1 Å². The van der Waals surface area contributed by atoms with Crippen molar-refractivity contribution in [3.8, 4) is 0 Å². The number of rotatable bonds is 7. The predicted molar refractivity (Wildman–Crippen MR) is 104 cm³/mol. The summed E-state index contributed by atoms with van der Waals surface area (Å²) in [5.74, 6) is 0.667. The molecule has 1 aromatic heterocycles. The molecule has 1 unspecified atom stereocenters. The van der Waals surface area contributed by atoms with Crippen LogP contribution >= 0.6 is 0 Å². The van der Waals surface area contributed by atoms with E-state index >= 15 is 0 Å². The number of nitrogens with one attached hydrogen (secondary N) is 1. The van der Waals surface area contributed by atoms with Crippen molar-refractivity contribution in [2.75, 3.05) is 25.9 Å². The van der Waals surface area contributed by atoms with Gasteiger partial charge in [-0.3, -0.25) is 9.69 Å². The maximum absolute atomic E-state index is 12.5. The fourth-order valence-corrected chi connectivity index (χ4v) is 4.27. The van der Waals surface area contributed by atoms with Gasteiger partial charge in [-0.15, -0.1) is 0 Å². The van der Waals surface area contributed by atoms with Gasteiger partial charge in [0.25, 0.3) is 5.91 Å². The topological polar surface area (TPSA) is 79.6 Å². The highest BCUT2D eigenvalue weighted by molar-refractivity contribution is 7.89. The van der Waals surface area contributed by atoms with E-state index in [0.29, 0.717) is 17.7 Å². The van der Waals surface area contributed by atoms with E-state index in [4.69, 9.17) is 4.42 Å². The Morgan fingerprint density at radius 3 is 2.44 bits per heavy atom. The highest BCUT2D eigenvalue weighted by Gasteiger charge is 2.25. The summed E-state index contributed by atoms with van der Waals surface area (Å²) in [6.07, 6.45) is 6.42. The maximum atomic E-state index is 12.5. The normalized spacial score (nSPS) is 16.8. The minimum absolute atomic E-state index is 0.0220. The molecule has 1 saturated heterocycles. The third kappa shape index (κ3) is 5.68. The van der Waals surface area contributed by atoms with Crippen LogP contribution in [0, 0.1) is 0 Å². The Hall–Kier alpha value is -2.12. The first-order valence-electron chi connectivity index (χ1n) is 9.25.